The minimum Gasteiger partial charge on any atom is -0.508 e. The summed E-state index contributed by atoms with van der Waals surface area (Å²) in [6.45, 7) is 2.29. The number of phenols is 1. The van der Waals surface area contributed by atoms with E-state index in [1.807, 2.05) is 12.1 Å². The first-order valence-corrected chi connectivity index (χ1v) is 13.0. The predicted molar refractivity (Wildman–Crippen MR) is 124 cm³/mol. The summed E-state index contributed by atoms with van der Waals surface area (Å²) in [5, 5.41) is 12.7. The summed E-state index contributed by atoms with van der Waals surface area (Å²) in [4.78, 5) is 23.8. The molecule has 5 rings (SSSR count). The molecule has 8 heteroatoms. The van der Waals surface area contributed by atoms with Gasteiger partial charge in [0, 0.05) is 18.4 Å². The third kappa shape index (κ3) is 3.69. The molecule has 0 radical (unpaired) electrons. The van der Waals surface area contributed by atoms with Gasteiger partial charge in [-0.1, -0.05) is 13.0 Å². The van der Waals surface area contributed by atoms with Gasteiger partial charge in [-0.15, -0.1) is 4.91 Å². The van der Waals surface area contributed by atoms with E-state index in [0.29, 0.717) is 18.3 Å². The number of rotatable bonds is 5. The van der Waals surface area contributed by atoms with Gasteiger partial charge >= 0.3 is 0 Å². The van der Waals surface area contributed by atoms with Crippen LogP contribution in [0.5, 0.6) is 5.75 Å². The van der Waals surface area contributed by atoms with E-state index < -0.39 is 15.4 Å². The fraction of sp³-hybridized carbons (Fsp3) is 0.480. The maximum atomic E-state index is 13.1. The van der Waals surface area contributed by atoms with Crippen molar-refractivity contribution in [2.24, 2.45) is 28.3 Å². The molecule has 2 aromatic carbocycles. The first-order valence-electron chi connectivity index (χ1n) is 11.5. The van der Waals surface area contributed by atoms with Crippen molar-refractivity contribution in [3.05, 3.63) is 58.5 Å². The van der Waals surface area contributed by atoms with Crippen molar-refractivity contribution in [2.45, 2.75) is 49.8 Å². The standard InChI is InChI=1S/C25H28N2O5S/c1-25-11-10-21-20-9-5-18(28)12-15(20)2-8-22(21)24(25)16(13-23(25)29)14-26-33(31,32)19-6-3-17(27-30)4-7-19/h3-7,9,12,16,21-22,24,26,28H,2,8,10-11,13-14H2,1H3/t16-,21-,22-,24+,25-/m1/s1. The number of fused-ring (bicyclic) bond motifs is 5. The van der Waals surface area contributed by atoms with Crippen LogP contribution < -0.4 is 4.72 Å². The summed E-state index contributed by atoms with van der Waals surface area (Å²) in [5.41, 5.74) is 2.22. The van der Waals surface area contributed by atoms with Gasteiger partial charge in [0.2, 0.25) is 10.0 Å². The molecule has 0 amide bonds. The highest BCUT2D eigenvalue weighted by atomic mass is 32.2. The first kappa shape index (κ1) is 22.2. The van der Waals surface area contributed by atoms with Crippen LogP contribution in [0.1, 0.15) is 49.7 Å². The molecule has 0 heterocycles. The quantitative estimate of drug-likeness (QED) is 0.631. The molecule has 2 saturated carbocycles. The van der Waals surface area contributed by atoms with Crippen LogP contribution >= 0.6 is 0 Å². The van der Waals surface area contributed by atoms with Crippen LogP contribution in [0.4, 0.5) is 5.69 Å². The minimum atomic E-state index is -3.76. The molecule has 3 aliphatic carbocycles. The predicted octanol–water partition coefficient (Wildman–Crippen LogP) is 4.42. The van der Waals surface area contributed by atoms with Crippen molar-refractivity contribution in [2.75, 3.05) is 6.54 Å². The molecule has 0 aliphatic heterocycles. The SMILES string of the molecule is C[C@]12CC[C@@H]3c4ccc(O)cc4CC[C@H]3[C@@H]1[C@@H](CNS(=O)(=O)c1ccc(N=O)cc1)CC2=O. The molecule has 0 bridgehead atoms. The van der Waals surface area contributed by atoms with Gasteiger partial charge < -0.3 is 5.11 Å². The Labute approximate surface area is 193 Å². The van der Waals surface area contributed by atoms with Crippen molar-refractivity contribution in [1.29, 1.82) is 0 Å². The third-order valence-corrected chi connectivity index (χ3v) is 9.78. The second-order valence-electron chi connectivity index (χ2n) is 10.00. The number of aromatic hydroxyl groups is 1. The highest BCUT2D eigenvalue weighted by Gasteiger charge is 2.58. The molecule has 5 atom stereocenters. The fourth-order valence-corrected chi connectivity index (χ4v) is 7.89. The zero-order chi connectivity index (χ0) is 23.4. The number of carbonyl (C=O) groups excluding carboxylic acids is 1. The van der Waals surface area contributed by atoms with Gasteiger partial charge in [-0.05, 0) is 102 Å². The number of hydrogen-bond acceptors (Lipinski definition) is 6. The summed E-state index contributed by atoms with van der Waals surface area (Å²) >= 11 is 0. The number of nitrogens with one attached hydrogen (secondary N) is 1. The molecule has 2 fully saturated rings. The molecule has 3 aliphatic rings. The van der Waals surface area contributed by atoms with E-state index in [0.717, 1.165) is 25.7 Å². The monoisotopic (exact) mass is 468 g/mol. The van der Waals surface area contributed by atoms with Crippen molar-refractivity contribution in [3.63, 3.8) is 0 Å². The van der Waals surface area contributed by atoms with Crippen LogP contribution in [0.3, 0.4) is 0 Å². The number of aryl methyl sites for hydroxylation is 1. The van der Waals surface area contributed by atoms with Gasteiger partial charge in [-0.25, -0.2) is 13.1 Å². The Morgan fingerprint density at radius 3 is 2.64 bits per heavy atom. The summed E-state index contributed by atoms with van der Waals surface area (Å²) in [6, 6.07) is 11.1. The second-order valence-corrected chi connectivity index (χ2v) is 11.8. The average molecular weight is 469 g/mol. The van der Waals surface area contributed by atoms with E-state index in [4.69, 9.17) is 0 Å². The third-order valence-electron chi connectivity index (χ3n) is 8.34. The van der Waals surface area contributed by atoms with E-state index in [-0.39, 0.29) is 40.5 Å². The van der Waals surface area contributed by atoms with Crippen LogP contribution in [-0.4, -0.2) is 25.9 Å². The van der Waals surface area contributed by atoms with Gasteiger partial charge in [-0.3, -0.25) is 4.79 Å². The molecular weight excluding hydrogens is 440 g/mol. The normalized spacial score (nSPS) is 30.9. The number of ketones is 1. The molecular formula is C25H28N2O5S. The fourth-order valence-electron chi connectivity index (χ4n) is 6.80. The van der Waals surface area contributed by atoms with Crippen molar-refractivity contribution in [3.8, 4) is 5.75 Å². The van der Waals surface area contributed by atoms with E-state index in [1.165, 1.54) is 35.4 Å². The smallest absolute Gasteiger partial charge is 0.240 e. The Morgan fingerprint density at radius 2 is 1.91 bits per heavy atom. The van der Waals surface area contributed by atoms with E-state index in [2.05, 4.69) is 16.8 Å². The maximum Gasteiger partial charge on any atom is 0.240 e. The van der Waals surface area contributed by atoms with Gasteiger partial charge in [0.15, 0.2) is 0 Å². The number of phenolic OH excluding ortho intramolecular Hbond substituents is 1. The number of nitroso groups, excluding NO2 is 1. The lowest BCUT2D eigenvalue weighted by molar-refractivity contribution is -0.129. The lowest BCUT2D eigenvalue weighted by atomic mass is 9.54. The zero-order valence-corrected chi connectivity index (χ0v) is 19.3. The minimum absolute atomic E-state index is 0.0559. The van der Waals surface area contributed by atoms with Crippen LogP contribution in [0.15, 0.2) is 52.5 Å². The van der Waals surface area contributed by atoms with Crippen molar-refractivity contribution in [1.82, 2.24) is 4.72 Å². The summed E-state index contributed by atoms with van der Waals surface area (Å²) in [7, 11) is -3.76. The van der Waals surface area contributed by atoms with Gasteiger partial charge in [0.25, 0.3) is 0 Å². The highest BCUT2D eigenvalue weighted by molar-refractivity contribution is 7.89. The molecule has 7 nitrogen and oxygen atoms in total. The maximum absolute atomic E-state index is 13.1. The van der Waals surface area contributed by atoms with Gasteiger partial charge in [0.05, 0.1) is 4.90 Å². The molecule has 2 aromatic rings. The van der Waals surface area contributed by atoms with Crippen LogP contribution in [0.2, 0.25) is 0 Å². The average Bonchev–Trinajstić information content (AvgIpc) is 3.07. The lowest BCUT2D eigenvalue weighted by Crippen LogP contribution is -2.46. The topological polar surface area (TPSA) is 113 Å². The van der Waals surface area contributed by atoms with E-state index in [1.54, 1.807) is 6.07 Å². The second kappa shape index (κ2) is 8.02. The zero-order valence-electron chi connectivity index (χ0n) is 18.5. The van der Waals surface area contributed by atoms with E-state index in [9.17, 15) is 23.2 Å². The van der Waals surface area contributed by atoms with Gasteiger partial charge in [0.1, 0.15) is 17.2 Å². The lowest BCUT2D eigenvalue weighted by Gasteiger charge is -2.49. The molecule has 0 aromatic heterocycles. The van der Waals surface area contributed by atoms with Crippen LogP contribution in [0, 0.1) is 28.1 Å². The Bertz CT molecular complexity index is 1210. The number of hydrogen-bond donors (Lipinski definition) is 2. The number of benzene rings is 2. The molecule has 0 saturated heterocycles. The summed E-state index contributed by atoms with van der Waals surface area (Å²) in [6.07, 6.45) is 3.95. The molecule has 0 spiro atoms. The number of nitrogens with zero attached hydrogens (tertiary/aromatic N) is 1. The summed E-state index contributed by atoms with van der Waals surface area (Å²) < 4.78 is 28.4. The highest BCUT2D eigenvalue weighted by Crippen LogP contribution is 2.61. The van der Waals surface area contributed by atoms with Gasteiger partial charge in [-0.2, -0.15) is 0 Å². The Balaban J connectivity index is 1.39. The molecule has 2 N–H and O–H groups in total. The number of Topliss-reactive ketones (excluding diaryl/α,β-unsaturated/α-hetero) is 1. The van der Waals surface area contributed by atoms with Crippen LogP contribution in [0.25, 0.3) is 0 Å². The molecule has 33 heavy (non-hydrogen) atoms. The van der Waals surface area contributed by atoms with Crippen LogP contribution in [-0.2, 0) is 21.2 Å². The number of carbonyl (C=O) groups is 1. The van der Waals surface area contributed by atoms with Crippen molar-refractivity contribution >= 4 is 21.5 Å². The number of sulfonamides is 1. The Kier molecular flexibility index (Phi) is 5.40. The van der Waals surface area contributed by atoms with E-state index >= 15 is 0 Å². The largest absolute Gasteiger partial charge is 0.508 e. The summed E-state index contributed by atoms with van der Waals surface area (Å²) in [5.74, 6) is 1.25. The first-order chi connectivity index (χ1) is 15.7. The molecule has 174 valence electrons. The Morgan fingerprint density at radius 1 is 1.15 bits per heavy atom. The Hall–Kier alpha value is -2.58. The molecule has 0 unspecified atom stereocenters. The van der Waals surface area contributed by atoms with Crippen molar-refractivity contribution < 1.29 is 18.3 Å².